The van der Waals surface area contributed by atoms with E-state index in [0.717, 1.165) is 41.5 Å². The summed E-state index contributed by atoms with van der Waals surface area (Å²) in [5.41, 5.74) is 3.31. The van der Waals surface area contributed by atoms with Crippen LogP contribution in [0.15, 0.2) is 48.5 Å². The van der Waals surface area contributed by atoms with Crippen LogP contribution in [0.2, 0.25) is 0 Å². The Kier molecular flexibility index (Phi) is 6.91. The highest BCUT2D eigenvalue weighted by Gasteiger charge is 2.48. The lowest BCUT2D eigenvalue weighted by atomic mass is 9.95. The Labute approximate surface area is 199 Å². The minimum absolute atomic E-state index is 0.00756. The molecule has 2 aliphatic carbocycles. The van der Waals surface area contributed by atoms with Gasteiger partial charge in [-0.05, 0) is 54.4 Å². The molecule has 0 spiro atoms. The number of benzene rings is 2. The molecule has 4 rings (SSSR count). The fourth-order valence-corrected chi connectivity index (χ4v) is 4.94. The molecule has 7 heteroatoms. The average Bonchev–Trinajstić information content (AvgIpc) is 3.61. The largest absolute Gasteiger partial charge is 0.480 e. The standard InChI is InChI=1S/C27H32N2O5/c1-3-8-18(15-24(30)29-27(2,25(31)32)17-13-14-17)28-26(33)34-16-23-21-11-6-4-9-19(21)20-10-5-7-12-22(20)23/h4-7,9-12,17-18,23H,3,8,13-16H2,1-2H3,(H,28,33)(H,29,30)(H,31,32)/t18-,27?/m0/s1. The van der Waals surface area contributed by atoms with Crippen molar-refractivity contribution in [3.05, 3.63) is 59.7 Å². The van der Waals surface area contributed by atoms with Gasteiger partial charge < -0.3 is 20.5 Å². The number of aliphatic carboxylic acids is 1. The third-order valence-electron chi connectivity index (χ3n) is 6.97. The van der Waals surface area contributed by atoms with Crippen LogP contribution in [0.25, 0.3) is 11.1 Å². The first kappa shape index (κ1) is 23.8. The summed E-state index contributed by atoms with van der Waals surface area (Å²) in [5, 5.41) is 15.1. The monoisotopic (exact) mass is 464 g/mol. The van der Waals surface area contributed by atoms with Gasteiger partial charge in [-0.1, -0.05) is 61.9 Å². The van der Waals surface area contributed by atoms with E-state index >= 15 is 0 Å². The number of amides is 2. The van der Waals surface area contributed by atoms with E-state index in [-0.39, 0.29) is 30.8 Å². The van der Waals surface area contributed by atoms with Crippen LogP contribution < -0.4 is 10.6 Å². The van der Waals surface area contributed by atoms with Gasteiger partial charge in [-0.15, -0.1) is 0 Å². The van der Waals surface area contributed by atoms with Gasteiger partial charge in [-0.2, -0.15) is 0 Å². The summed E-state index contributed by atoms with van der Waals surface area (Å²) in [6.07, 6.45) is 2.37. The SMILES string of the molecule is CCC[C@@H](CC(=O)NC(C)(C(=O)O)C1CC1)NC(=O)OCC1c2ccccc2-c2ccccc21. The summed E-state index contributed by atoms with van der Waals surface area (Å²) in [6.45, 7) is 3.72. The first-order valence-corrected chi connectivity index (χ1v) is 12.0. The van der Waals surface area contributed by atoms with Crippen LogP contribution in [0.5, 0.6) is 0 Å². The molecular weight excluding hydrogens is 432 g/mol. The van der Waals surface area contributed by atoms with Crippen LogP contribution in [0.4, 0.5) is 4.79 Å². The molecule has 0 radical (unpaired) electrons. The number of rotatable bonds is 10. The maximum atomic E-state index is 12.6. The summed E-state index contributed by atoms with van der Waals surface area (Å²) >= 11 is 0. The molecular formula is C27H32N2O5. The van der Waals surface area contributed by atoms with Crippen molar-refractivity contribution in [1.82, 2.24) is 10.6 Å². The number of hydrogen-bond acceptors (Lipinski definition) is 4. The average molecular weight is 465 g/mol. The summed E-state index contributed by atoms with van der Waals surface area (Å²) in [7, 11) is 0. The molecule has 180 valence electrons. The second-order valence-corrected chi connectivity index (χ2v) is 9.49. The molecule has 2 aliphatic rings. The van der Waals surface area contributed by atoms with E-state index in [1.165, 1.54) is 0 Å². The Morgan fingerprint density at radius 1 is 1.06 bits per heavy atom. The highest BCUT2D eigenvalue weighted by Crippen LogP contribution is 2.44. The highest BCUT2D eigenvalue weighted by atomic mass is 16.5. The molecule has 2 aromatic carbocycles. The van der Waals surface area contributed by atoms with Gasteiger partial charge in [-0.25, -0.2) is 9.59 Å². The van der Waals surface area contributed by atoms with Gasteiger partial charge in [0.05, 0.1) is 0 Å². The number of carboxylic acids is 1. The lowest BCUT2D eigenvalue weighted by Crippen LogP contribution is -2.55. The van der Waals surface area contributed by atoms with Crippen molar-refractivity contribution < 1.29 is 24.2 Å². The summed E-state index contributed by atoms with van der Waals surface area (Å²) in [5.74, 6) is -1.50. The first-order valence-electron chi connectivity index (χ1n) is 12.0. The molecule has 1 saturated carbocycles. The van der Waals surface area contributed by atoms with Crippen LogP contribution in [0, 0.1) is 5.92 Å². The molecule has 3 N–H and O–H groups in total. The van der Waals surface area contributed by atoms with Gasteiger partial charge in [0.25, 0.3) is 0 Å². The van der Waals surface area contributed by atoms with Crippen LogP contribution in [-0.2, 0) is 14.3 Å². The van der Waals surface area contributed by atoms with Crippen molar-refractivity contribution in [3.8, 4) is 11.1 Å². The Balaban J connectivity index is 1.35. The Hall–Kier alpha value is -3.35. The number of ether oxygens (including phenoxy) is 1. The summed E-state index contributed by atoms with van der Waals surface area (Å²) < 4.78 is 5.61. The van der Waals surface area contributed by atoms with Crippen molar-refractivity contribution in [1.29, 1.82) is 0 Å². The predicted octanol–water partition coefficient (Wildman–Crippen LogP) is 4.45. The first-order chi connectivity index (χ1) is 16.3. The van der Waals surface area contributed by atoms with Gasteiger partial charge >= 0.3 is 12.1 Å². The maximum absolute atomic E-state index is 12.6. The number of fused-ring (bicyclic) bond motifs is 3. The molecule has 2 atom stereocenters. The zero-order valence-electron chi connectivity index (χ0n) is 19.7. The van der Waals surface area contributed by atoms with E-state index in [9.17, 15) is 19.5 Å². The number of hydrogen-bond donors (Lipinski definition) is 3. The fourth-order valence-electron chi connectivity index (χ4n) is 4.94. The van der Waals surface area contributed by atoms with Crippen molar-refractivity contribution in [3.63, 3.8) is 0 Å². The number of alkyl carbamates (subject to hydrolysis) is 1. The lowest BCUT2D eigenvalue weighted by molar-refractivity contribution is -0.148. The topological polar surface area (TPSA) is 105 Å². The second-order valence-electron chi connectivity index (χ2n) is 9.49. The zero-order valence-corrected chi connectivity index (χ0v) is 19.7. The minimum atomic E-state index is -1.27. The number of carboxylic acid groups (broad SMARTS) is 1. The molecule has 0 bridgehead atoms. The molecule has 0 aliphatic heterocycles. The van der Waals surface area contributed by atoms with E-state index in [2.05, 4.69) is 34.9 Å². The van der Waals surface area contributed by atoms with Crippen LogP contribution in [-0.4, -0.2) is 41.3 Å². The quantitative estimate of drug-likeness (QED) is 0.482. The minimum Gasteiger partial charge on any atom is -0.480 e. The molecule has 2 aromatic rings. The van der Waals surface area contributed by atoms with Gasteiger partial charge in [0.1, 0.15) is 12.1 Å². The molecule has 7 nitrogen and oxygen atoms in total. The Morgan fingerprint density at radius 3 is 2.18 bits per heavy atom. The van der Waals surface area contributed by atoms with Gasteiger partial charge in [0, 0.05) is 18.4 Å². The maximum Gasteiger partial charge on any atom is 0.407 e. The fraction of sp³-hybridized carbons (Fsp3) is 0.444. The van der Waals surface area contributed by atoms with Crippen LogP contribution in [0.1, 0.15) is 63.0 Å². The Morgan fingerprint density at radius 2 is 1.65 bits per heavy atom. The van der Waals surface area contributed by atoms with Gasteiger partial charge in [-0.3, -0.25) is 4.79 Å². The smallest absolute Gasteiger partial charge is 0.407 e. The number of nitrogens with one attached hydrogen (secondary N) is 2. The number of carbonyl (C=O) groups is 3. The number of carbonyl (C=O) groups excluding carboxylic acids is 2. The molecule has 1 fully saturated rings. The van der Waals surface area contributed by atoms with Crippen molar-refractivity contribution in [2.75, 3.05) is 6.61 Å². The van der Waals surface area contributed by atoms with Crippen molar-refractivity contribution in [2.45, 2.75) is 63.5 Å². The molecule has 1 unspecified atom stereocenters. The normalized spacial score (nSPS) is 17.1. The highest BCUT2D eigenvalue weighted by molar-refractivity contribution is 5.87. The van der Waals surface area contributed by atoms with Crippen LogP contribution in [0.3, 0.4) is 0 Å². The predicted molar refractivity (Wildman–Crippen MR) is 128 cm³/mol. The van der Waals surface area contributed by atoms with E-state index in [1.54, 1.807) is 6.92 Å². The van der Waals surface area contributed by atoms with Crippen molar-refractivity contribution >= 4 is 18.0 Å². The summed E-state index contributed by atoms with van der Waals surface area (Å²) in [6, 6.07) is 15.8. The molecule has 0 aromatic heterocycles. The third-order valence-corrected chi connectivity index (χ3v) is 6.97. The second kappa shape index (κ2) is 9.87. The molecule has 0 heterocycles. The van der Waals surface area contributed by atoms with Crippen LogP contribution >= 0.6 is 0 Å². The van der Waals surface area contributed by atoms with Gasteiger partial charge in [0.15, 0.2) is 0 Å². The van der Waals surface area contributed by atoms with E-state index in [1.807, 2.05) is 31.2 Å². The molecule has 2 amide bonds. The molecule has 34 heavy (non-hydrogen) atoms. The summed E-state index contributed by atoms with van der Waals surface area (Å²) in [4.78, 5) is 37.0. The van der Waals surface area contributed by atoms with Crippen molar-refractivity contribution in [2.24, 2.45) is 5.92 Å². The third kappa shape index (κ3) is 4.93. The van der Waals surface area contributed by atoms with E-state index in [0.29, 0.717) is 6.42 Å². The van der Waals surface area contributed by atoms with E-state index in [4.69, 9.17) is 4.74 Å². The van der Waals surface area contributed by atoms with E-state index < -0.39 is 23.6 Å². The Bertz CT molecular complexity index is 1030. The molecule has 0 saturated heterocycles. The zero-order chi connectivity index (χ0) is 24.3. The lowest BCUT2D eigenvalue weighted by Gasteiger charge is -2.27. The van der Waals surface area contributed by atoms with Gasteiger partial charge in [0.2, 0.25) is 5.91 Å².